The molecule has 1 aliphatic rings. The van der Waals surface area contributed by atoms with E-state index in [1.165, 1.54) is 12.7 Å². The Bertz CT molecular complexity index is 747. The van der Waals surface area contributed by atoms with Crippen LogP contribution in [0.3, 0.4) is 0 Å². The first-order valence-electron chi connectivity index (χ1n) is 8.45. The van der Waals surface area contributed by atoms with Gasteiger partial charge in [-0.1, -0.05) is 20.8 Å². The number of imidazole rings is 1. The molecular formula is C16H26FN5O2Si. The maximum Gasteiger partial charge on any atom is 0.192 e. The van der Waals surface area contributed by atoms with Gasteiger partial charge in [-0.2, -0.15) is 0 Å². The van der Waals surface area contributed by atoms with Crippen LogP contribution in [-0.2, 0) is 9.16 Å². The number of nitrogens with two attached hydrogens (primary N) is 1. The Hall–Kier alpha value is -1.42. The van der Waals surface area contributed by atoms with E-state index in [0.29, 0.717) is 11.2 Å². The molecule has 3 heterocycles. The van der Waals surface area contributed by atoms with Crippen LogP contribution in [0.15, 0.2) is 18.9 Å². The van der Waals surface area contributed by atoms with Crippen LogP contribution in [0.1, 0.15) is 27.0 Å². The van der Waals surface area contributed by atoms with Crippen molar-refractivity contribution in [3.8, 4) is 0 Å². The van der Waals surface area contributed by atoms with Gasteiger partial charge in [-0.3, -0.25) is 4.57 Å². The molecule has 2 N–H and O–H groups in total. The Morgan fingerprint density at radius 3 is 2.72 bits per heavy atom. The van der Waals surface area contributed by atoms with Crippen molar-refractivity contribution in [1.82, 2.24) is 19.5 Å². The zero-order chi connectivity index (χ0) is 18.4. The first kappa shape index (κ1) is 18.4. The molecule has 1 saturated heterocycles. The second-order valence-corrected chi connectivity index (χ2v) is 12.7. The van der Waals surface area contributed by atoms with Gasteiger partial charge in [-0.05, 0) is 18.1 Å². The van der Waals surface area contributed by atoms with Crippen molar-refractivity contribution in [1.29, 1.82) is 0 Å². The molecule has 9 heteroatoms. The van der Waals surface area contributed by atoms with Gasteiger partial charge in [0.1, 0.15) is 24.1 Å². The summed E-state index contributed by atoms with van der Waals surface area (Å²) in [4.78, 5) is 12.3. The SMILES string of the molecule is CC(C)(C)[Si](C)(C)O[C@H]1[C@@H](F)[C@H](n2cnc3cncnc32)O[C@@H]1CN. The molecule has 0 radical (unpaired) electrons. The van der Waals surface area contributed by atoms with Gasteiger partial charge < -0.3 is 14.9 Å². The number of fused-ring (bicyclic) bond motifs is 1. The van der Waals surface area contributed by atoms with Crippen LogP contribution in [0.5, 0.6) is 0 Å². The molecule has 2 aromatic heterocycles. The molecule has 0 amide bonds. The van der Waals surface area contributed by atoms with E-state index in [0.717, 1.165) is 0 Å². The molecular weight excluding hydrogens is 341 g/mol. The lowest BCUT2D eigenvalue weighted by Gasteiger charge is -2.39. The lowest BCUT2D eigenvalue weighted by Crippen LogP contribution is -2.49. The fourth-order valence-corrected chi connectivity index (χ4v) is 4.05. The Kier molecular flexibility index (Phi) is 4.69. The summed E-state index contributed by atoms with van der Waals surface area (Å²) in [5.41, 5.74) is 6.96. The van der Waals surface area contributed by atoms with Crippen molar-refractivity contribution < 1.29 is 13.6 Å². The number of alkyl halides is 1. The molecule has 2 aromatic rings. The lowest BCUT2D eigenvalue weighted by atomic mass is 10.1. The van der Waals surface area contributed by atoms with E-state index in [-0.39, 0.29) is 11.6 Å². The quantitative estimate of drug-likeness (QED) is 0.835. The molecule has 25 heavy (non-hydrogen) atoms. The van der Waals surface area contributed by atoms with Crippen molar-refractivity contribution in [2.75, 3.05) is 6.54 Å². The monoisotopic (exact) mass is 367 g/mol. The second-order valence-electron chi connectivity index (χ2n) is 7.97. The summed E-state index contributed by atoms with van der Waals surface area (Å²) >= 11 is 0. The van der Waals surface area contributed by atoms with E-state index >= 15 is 4.39 Å². The largest absolute Gasteiger partial charge is 0.408 e. The molecule has 0 bridgehead atoms. The van der Waals surface area contributed by atoms with E-state index in [1.54, 1.807) is 10.8 Å². The highest BCUT2D eigenvalue weighted by Gasteiger charge is 2.51. The van der Waals surface area contributed by atoms with Crippen LogP contribution >= 0.6 is 0 Å². The third-order valence-electron chi connectivity index (χ3n) is 5.25. The van der Waals surface area contributed by atoms with E-state index in [9.17, 15) is 0 Å². The maximum atomic E-state index is 15.3. The fraction of sp³-hybridized carbons (Fsp3) is 0.688. The Balaban J connectivity index is 1.90. The first-order valence-corrected chi connectivity index (χ1v) is 11.4. The topological polar surface area (TPSA) is 88.1 Å². The molecule has 7 nitrogen and oxygen atoms in total. The summed E-state index contributed by atoms with van der Waals surface area (Å²) in [6, 6.07) is 0. The van der Waals surface area contributed by atoms with Crippen molar-refractivity contribution in [3.63, 3.8) is 0 Å². The minimum Gasteiger partial charge on any atom is -0.408 e. The summed E-state index contributed by atoms with van der Waals surface area (Å²) in [6.45, 7) is 10.8. The van der Waals surface area contributed by atoms with Crippen LogP contribution in [0.2, 0.25) is 18.1 Å². The highest BCUT2D eigenvalue weighted by Crippen LogP contribution is 2.42. The lowest BCUT2D eigenvalue weighted by molar-refractivity contribution is -0.0172. The van der Waals surface area contributed by atoms with E-state index in [2.05, 4.69) is 48.8 Å². The molecule has 0 spiro atoms. The molecule has 1 fully saturated rings. The smallest absolute Gasteiger partial charge is 0.192 e. The number of hydrogen-bond acceptors (Lipinski definition) is 6. The molecule has 138 valence electrons. The van der Waals surface area contributed by atoms with Gasteiger partial charge >= 0.3 is 0 Å². The zero-order valence-electron chi connectivity index (χ0n) is 15.3. The van der Waals surface area contributed by atoms with Gasteiger partial charge in [-0.25, -0.2) is 19.3 Å². The summed E-state index contributed by atoms with van der Waals surface area (Å²) < 4.78 is 29.1. The third kappa shape index (κ3) is 3.21. The molecule has 0 unspecified atom stereocenters. The van der Waals surface area contributed by atoms with Crippen LogP contribution in [0.4, 0.5) is 4.39 Å². The average Bonchev–Trinajstić information content (AvgIpc) is 3.08. The van der Waals surface area contributed by atoms with Crippen LogP contribution < -0.4 is 5.73 Å². The van der Waals surface area contributed by atoms with E-state index < -0.39 is 32.9 Å². The van der Waals surface area contributed by atoms with Crippen LogP contribution in [-0.4, -0.2) is 52.8 Å². The summed E-state index contributed by atoms with van der Waals surface area (Å²) in [5.74, 6) is 0. The van der Waals surface area contributed by atoms with Gasteiger partial charge in [0.25, 0.3) is 0 Å². The summed E-state index contributed by atoms with van der Waals surface area (Å²) in [6.07, 6.45) is 1.11. The van der Waals surface area contributed by atoms with Gasteiger partial charge in [-0.15, -0.1) is 0 Å². The molecule has 1 aliphatic heterocycles. The molecule has 0 aromatic carbocycles. The standard InChI is InChI=1S/C16H26FN5O2Si/c1-16(2,3)25(4,5)24-13-11(6-18)23-15(12(13)17)22-9-21-10-7-19-8-20-14(10)22/h7-9,11-13,15H,6,18H2,1-5H3/t11-,12-,13-,15-/m1/s1. The predicted octanol–water partition coefficient (Wildman–Crippen LogP) is 2.41. The van der Waals surface area contributed by atoms with Crippen LogP contribution in [0.25, 0.3) is 11.2 Å². The summed E-state index contributed by atoms with van der Waals surface area (Å²) in [7, 11) is -2.16. The predicted molar refractivity (Wildman–Crippen MR) is 95.3 cm³/mol. The minimum atomic E-state index is -2.16. The number of ether oxygens (including phenoxy) is 1. The van der Waals surface area contributed by atoms with Gasteiger partial charge in [0.05, 0.1) is 12.5 Å². The van der Waals surface area contributed by atoms with Crippen molar-refractivity contribution in [2.24, 2.45) is 5.73 Å². The number of halogens is 1. The number of hydrogen-bond donors (Lipinski definition) is 1. The summed E-state index contributed by atoms with van der Waals surface area (Å²) in [5, 5.41) is -0.0289. The van der Waals surface area contributed by atoms with Gasteiger partial charge in [0, 0.05) is 6.54 Å². The third-order valence-corrected chi connectivity index (χ3v) is 9.72. The highest BCUT2D eigenvalue weighted by molar-refractivity contribution is 6.74. The van der Waals surface area contributed by atoms with Gasteiger partial charge in [0.2, 0.25) is 0 Å². The minimum absolute atomic E-state index is 0.0289. The van der Waals surface area contributed by atoms with Crippen molar-refractivity contribution in [3.05, 3.63) is 18.9 Å². The number of aromatic nitrogens is 4. The normalized spacial score (nSPS) is 28.0. The number of rotatable bonds is 4. The fourth-order valence-electron chi connectivity index (χ4n) is 2.74. The van der Waals surface area contributed by atoms with Crippen molar-refractivity contribution in [2.45, 2.75) is 63.5 Å². The molecule has 0 saturated carbocycles. The number of nitrogens with zero attached hydrogens (tertiary/aromatic N) is 4. The Morgan fingerprint density at radius 2 is 2.08 bits per heavy atom. The van der Waals surface area contributed by atoms with E-state index in [1.807, 2.05) is 0 Å². The zero-order valence-corrected chi connectivity index (χ0v) is 16.3. The highest BCUT2D eigenvalue weighted by atomic mass is 28.4. The average molecular weight is 368 g/mol. The van der Waals surface area contributed by atoms with Crippen LogP contribution in [0, 0.1) is 0 Å². The first-order chi connectivity index (χ1) is 11.7. The molecule has 0 aliphatic carbocycles. The molecule has 3 rings (SSSR count). The maximum absolute atomic E-state index is 15.3. The Labute approximate surface area is 147 Å². The second kappa shape index (κ2) is 6.38. The van der Waals surface area contributed by atoms with E-state index in [4.69, 9.17) is 14.9 Å². The van der Waals surface area contributed by atoms with Crippen molar-refractivity contribution >= 4 is 19.5 Å². The van der Waals surface area contributed by atoms with Gasteiger partial charge in [0.15, 0.2) is 26.4 Å². The molecule has 4 atom stereocenters. The Morgan fingerprint density at radius 1 is 1.36 bits per heavy atom.